The molecule has 0 aliphatic carbocycles. The van der Waals surface area contributed by atoms with Crippen molar-refractivity contribution in [1.29, 1.82) is 0 Å². The number of hydrogen-bond donors (Lipinski definition) is 0. The van der Waals surface area contributed by atoms with Crippen LogP contribution in [0.25, 0.3) is 0 Å². The van der Waals surface area contributed by atoms with Gasteiger partial charge in [0.25, 0.3) is 0 Å². The van der Waals surface area contributed by atoms with Crippen molar-refractivity contribution in [3.63, 3.8) is 0 Å². The van der Waals surface area contributed by atoms with Gasteiger partial charge in [-0.1, -0.05) is 56.2 Å². The molecule has 0 aromatic carbocycles. The number of hydrogen-bond acceptors (Lipinski definition) is 0. The summed E-state index contributed by atoms with van der Waals surface area (Å²) in [5, 5.41) is 0. The van der Waals surface area contributed by atoms with Gasteiger partial charge >= 0.3 is 0 Å². The van der Waals surface area contributed by atoms with Gasteiger partial charge < -0.3 is 0 Å². The summed E-state index contributed by atoms with van der Waals surface area (Å²) in [6.07, 6.45) is 8.73. The smallest absolute Gasteiger partial charge is 0.00762 e. The highest BCUT2D eigenvalue weighted by molar-refractivity contribution is 5.27. The average Bonchev–Trinajstić information content (AvgIpc) is 2.19. The maximum absolute atomic E-state index is 2.29. The van der Waals surface area contributed by atoms with Gasteiger partial charge in [0.2, 0.25) is 0 Å². The Morgan fingerprint density at radius 2 is 1.50 bits per heavy atom. The third kappa shape index (κ3) is 7.85. The van der Waals surface area contributed by atoms with Crippen LogP contribution in [-0.4, -0.2) is 0 Å². The van der Waals surface area contributed by atoms with Gasteiger partial charge in [-0.05, 0) is 33.6 Å². The number of rotatable bonds is 3. The molecule has 0 heteroatoms. The molecule has 0 amide bonds. The van der Waals surface area contributed by atoms with E-state index in [9.17, 15) is 0 Å². The van der Waals surface area contributed by atoms with Crippen molar-refractivity contribution in [1.82, 2.24) is 0 Å². The monoisotopic (exact) mass is 194 g/mol. The largest absolute Gasteiger partial charge is 0.0911 e. The lowest BCUT2D eigenvalue weighted by molar-refractivity contribution is 0.924. The van der Waals surface area contributed by atoms with Crippen LogP contribution in [-0.2, 0) is 0 Å². The van der Waals surface area contributed by atoms with Crippen molar-refractivity contribution in [3.8, 4) is 0 Å². The van der Waals surface area contributed by atoms with Crippen molar-refractivity contribution in [2.75, 3.05) is 0 Å². The van der Waals surface area contributed by atoms with Crippen molar-refractivity contribution < 1.29 is 0 Å². The highest BCUT2D eigenvalue weighted by atomic mass is 14.0. The Balaban J connectivity index is 0. The molecule has 0 heterocycles. The zero-order valence-corrected chi connectivity index (χ0v) is 10.9. The molecule has 0 saturated carbocycles. The van der Waals surface area contributed by atoms with Crippen LogP contribution >= 0.6 is 0 Å². The van der Waals surface area contributed by atoms with Crippen molar-refractivity contribution in [3.05, 3.63) is 35.5 Å². The Bertz CT molecular complexity index is 204. The molecule has 0 fully saturated rings. The minimum atomic E-state index is 0.546. The van der Waals surface area contributed by atoms with Gasteiger partial charge in [0.15, 0.2) is 0 Å². The Labute approximate surface area is 90.4 Å². The molecular weight excluding hydrogens is 168 g/mol. The maximum atomic E-state index is 2.29. The average molecular weight is 194 g/mol. The fourth-order valence-corrected chi connectivity index (χ4v) is 1.11. The van der Waals surface area contributed by atoms with E-state index in [0.29, 0.717) is 5.92 Å². The van der Waals surface area contributed by atoms with Crippen molar-refractivity contribution >= 4 is 0 Å². The molecular formula is C14H26. The summed E-state index contributed by atoms with van der Waals surface area (Å²) in [5.74, 6) is 0.546. The molecule has 0 N–H and O–H groups in total. The predicted octanol–water partition coefficient (Wildman–Crippen LogP) is 5.14. The van der Waals surface area contributed by atoms with E-state index >= 15 is 0 Å². The fourth-order valence-electron chi connectivity index (χ4n) is 1.11. The van der Waals surface area contributed by atoms with Crippen LogP contribution in [0.1, 0.15) is 48.5 Å². The second kappa shape index (κ2) is 10.3. The molecule has 14 heavy (non-hydrogen) atoms. The van der Waals surface area contributed by atoms with E-state index in [4.69, 9.17) is 0 Å². The van der Waals surface area contributed by atoms with Gasteiger partial charge in [0.1, 0.15) is 0 Å². The van der Waals surface area contributed by atoms with Crippen LogP contribution in [0.15, 0.2) is 35.5 Å². The lowest BCUT2D eigenvalue weighted by Gasteiger charge is -2.03. The SMILES string of the molecule is C/C=C(C)\C(C)=C/C(C)/C=C/C.CC. The molecule has 0 radical (unpaired) electrons. The quantitative estimate of drug-likeness (QED) is 0.431. The molecule has 1 unspecified atom stereocenters. The first-order valence-corrected chi connectivity index (χ1v) is 5.56. The molecule has 0 aliphatic rings. The summed E-state index contributed by atoms with van der Waals surface area (Å²) in [6, 6.07) is 0. The Hall–Kier alpha value is -0.780. The number of allylic oxidation sites excluding steroid dienone is 6. The van der Waals surface area contributed by atoms with Gasteiger partial charge in [0.05, 0.1) is 0 Å². The minimum absolute atomic E-state index is 0.546. The third-order valence-corrected chi connectivity index (χ3v) is 2.06. The summed E-state index contributed by atoms with van der Waals surface area (Å²) in [4.78, 5) is 0. The van der Waals surface area contributed by atoms with Gasteiger partial charge in [-0.15, -0.1) is 0 Å². The Kier molecular flexibility index (Phi) is 11.5. The predicted molar refractivity (Wildman–Crippen MR) is 68.5 cm³/mol. The first kappa shape index (κ1) is 15.7. The lowest BCUT2D eigenvalue weighted by atomic mass is 10.0. The topological polar surface area (TPSA) is 0 Å². The summed E-state index contributed by atoms with van der Waals surface area (Å²) in [6.45, 7) is 14.6. The molecule has 0 rings (SSSR count). The molecule has 0 aliphatic heterocycles. The summed E-state index contributed by atoms with van der Waals surface area (Å²) >= 11 is 0. The molecule has 0 nitrogen and oxygen atoms in total. The van der Waals surface area contributed by atoms with E-state index in [1.807, 2.05) is 13.8 Å². The van der Waals surface area contributed by atoms with Crippen molar-refractivity contribution in [2.24, 2.45) is 5.92 Å². The first-order valence-electron chi connectivity index (χ1n) is 5.56. The second-order valence-corrected chi connectivity index (χ2v) is 3.21. The van der Waals surface area contributed by atoms with Crippen molar-refractivity contribution in [2.45, 2.75) is 48.5 Å². The first-order chi connectivity index (χ1) is 6.61. The molecule has 0 spiro atoms. The van der Waals surface area contributed by atoms with Crippen LogP contribution in [0.5, 0.6) is 0 Å². The Morgan fingerprint density at radius 1 is 1.00 bits per heavy atom. The molecule has 1 atom stereocenters. The molecule has 0 aromatic heterocycles. The highest BCUT2D eigenvalue weighted by Crippen LogP contribution is 2.12. The Morgan fingerprint density at radius 3 is 1.86 bits per heavy atom. The van der Waals surface area contributed by atoms with Crippen LogP contribution in [0, 0.1) is 5.92 Å². The summed E-state index contributed by atoms with van der Waals surface area (Å²) in [7, 11) is 0. The van der Waals surface area contributed by atoms with E-state index in [1.54, 1.807) is 0 Å². The van der Waals surface area contributed by atoms with Gasteiger partial charge in [0, 0.05) is 0 Å². The highest BCUT2D eigenvalue weighted by Gasteiger charge is 1.94. The van der Waals surface area contributed by atoms with Crippen LogP contribution in [0.2, 0.25) is 0 Å². The van der Waals surface area contributed by atoms with E-state index in [2.05, 4.69) is 58.9 Å². The van der Waals surface area contributed by atoms with Gasteiger partial charge in [-0.25, -0.2) is 0 Å². The van der Waals surface area contributed by atoms with Gasteiger partial charge in [-0.3, -0.25) is 0 Å². The molecule has 0 aromatic rings. The molecule has 0 bridgehead atoms. The third-order valence-electron chi connectivity index (χ3n) is 2.06. The van der Waals surface area contributed by atoms with E-state index in [0.717, 1.165) is 0 Å². The van der Waals surface area contributed by atoms with E-state index in [1.165, 1.54) is 11.1 Å². The molecule has 82 valence electrons. The van der Waals surface area contributed by atoms with Crippen LogP contribution in [0.4, 0.5) is 0 Å². The van der Waals surface area contributed by atoms with Crippen LogP contribution in [0.3, 0.4) is 0 Å². The van der Waals surface area contributed by atoms with E-state index in [-0.39, 0.29) is 0 Å². The standard InChI is InChI=1S/C12H20.C2H6/c1-6-8-10(3)9-12(5)11(4)7-2;1-2/h6-10H,1-5H3;1-2H3/b8-6+,11-7-,12-9-;. The minimum Gasteiger partial charge on any atom is -0.0911 e. The fraction of sp³-hybridized carbons (Fsp3) is 0.571. The maximum Gasteiger partial charge on any atom is -0.00762 e. The van der Waals surface area contributed by atoms with E-state index < -0.39 is 0 Å². The zero-order valence-electron chi connectivity index (χ0n) is 10.9. The lowest BCUT2D eigenvalue weighted by Crippen LogP contribution is -1.86. The second-order valence-electron chi connectivity index (χ2n) is 3.21. The zero-order chi connectivity index (χ0) is 11.6. The molecule has 0 saturated heterocycles. The van der Waals surface area contributed by atoms with Crippen LogP contribution < -0.4 is 0 Å². The summed E-state index contributed by atoms with van der Waals surface area (Å²) in [5.41, 5.74) is 2.74. The summed E-state index contributed by atoms with van der Waals surface area (Å²) < 4.78 is 0. The normalized spacial score (nSPS) is 15.1. The van der Waals surface area contributed by atoms with Gasteiger partial charge in [-0.2, -0.15) is 0 Å².